The maximum Gasteiger partial charge on any atom is 0.137 e. The van der Waals surface area contributed by atoms with Crippen LogP contribution in [0.2, 0.25) is 0 Å². The Labute approximate surface area is 61.7 Å². The second-order valence-corrected chi connectivity index (χ2v) is 1.71. The van der Waals surface area contributed by atoms with Gasteiger partial charge in [-0.2, -0.15) is 0 Å². The summed E-state index contributed by atoms with van der Waals surface area (Å²) in [5, 5.41) is 0. The standard InChI is InChI=1S/C8H13NO/c1-4-6-7(9)8(5-2)10-3/h4-6H,1,9H2,2-3H3/b7-6+,8-5+. The molecule has 2 N–H and O–H groups in total. The van der Waals surface area contributed by atoms with E-state index >= 15 is 0 Å². The summed E-state index contributed by atoms with van der Waals surface area (Å²) in [7, 11) is 1.58. The van der Waals surface area contributed by atoms with Crippen LogP contribution in [0, 0.1) is 0 Å². The van der Waals surface area contributed by atoms with Crippen LogP contribution in [-0.4, -0.2) is 7.11 Å². The van der Waals surface area contributed by atoms with Crippen molar-refractivity contribution in [3.8, 4) is 0 Å². The summed E-state index contributed by atoms with van der Waals surface area (Å²) in [6, 6.07) is 0. The maximum absolute atomic E-state index is 5.55. The topological polar surface area (TPSA) is 35.2 Å². The van der Waals surface area contributed by atoms with Crippen LogP contribution in [0.25, 0.3) is 0 Å². The monoisotopic (exact) mass is 139 g/mol. The van der Waals surface area contributed by atoms with Crippen molar-refractivity contribution in [1.29, 1.82) is 0 Å². The van der Waals surface area contributed by atoms with Crippen LogP contribution < -0.4 is 5.73 Å². The second-order valence-electron chi connectivity index (χ2n) is 1.71. The van der Waals surface area contributed by atoms with Crippen molar-refractivity contribution in [2.24, 2.45) is 5.73 Å². The molecule has 0 amide bonds. The van der Waals surface area contributed by atoms with Crippen molar-refractivity contribution in [3.63, 3.8) is 0 Å². The number of hydrogen-bond acceptors (Lipinski definition) is 2. The number of nitrogens with two attached hydrogens (primary N) is 1. The number of rotatable bonds is 3. The largest absolute Gasteiger partial charge is 0.495 e. The maximum atomic E-state index is 5.55. The minimum Gasteiger partial charge on any atom is -0.495 e. The summed E-state index contributed by atoms with van der Waals surface area (Å²) < 4.78 is 4.93. The normalized spacial score (nSPS) is 13.0. The van der Waals surface area contributed by atoms with Gasteiger partial charge >= 0.3 is 0 Å². The van der Waals surface area contributed by atoms with E-state index in [1.165, 1.54) is 0 Å². The van der Waals surface area contributed by atoms with Gasteiger partial charge in [-0.15, -0.1) is 0 Å². The van der Waals surface area contributed by atoms with Crippen LogP contribution in [-0.2, 0) is 4.74 Å². The molecule has 0 aromatic heterocycles. The van der Waals surface area contributed by atoms with Crippen molar-refractivity contribution in [3.05, 3.63) is 36.3 Å². The molecule has 0 fully saturated rings. The van der Waals surface area contributed by atoms with Crippen LogP contribution in [0.1, 0.15) is 6.92 Å². The van der Waals surface area contributed by atoms with Crippen molar-refractivity contribution < 1.29 is 4.74 Å². The molecular formula is C8H13NO. The smallest absolute Gasteiger partial charge is 0.137 e. The fraction of sp³-hybridized carbons (Fsp3) is 0.250. The van der Waals surface area contributed by atoms with E-state index in [9.17, 15) is 0 Å². The van der Waals surface area contributed by atoms with Crippen LogP contribution in [0.15, 0.2) is 36.3 Å². The van der Waals surface area contributed by atoms with E-state index in [1.54, 1.807) is 25.3 Å². The average molecular weight is 139 g/mol. The summed E-state index contributed by atoms with van der Waals surface area (Å²) in [6.45, 7) is 5.38. The SMILES string of the molecule is C=C/C=C(N)\C(=C/C)OC. The molecule has 0 aliphatic heterocycles. The van der Waals surface area contributed by atoms with Crippen molar-refractivity contribution in [2.45, 2.75) is 6.92 Å². The minimum absolute atomic E-state index is 0.597. The molecule has 0 unspecified atom stereocenters. The Morgan fingerprint density at radius 1 is 1.60 bits per heavy atom. The Bertz CT molecular complexity index is 168. The van der Waals surface area contributed by atoms with Gasteiger partial charge in [0.2, 0.25) is 0 Å². The summed E-state index contributed by atoms with van der Waals surface area (Å²) in [6.07, 6.45) is 5.12. The van der Waals surface area contributed by atoms with Crippen LogP contribution >= 0.6 is 0 Å². The molecule has 0 atom stereocenters. The molecule has 0 aromatic carbocycles. The quantitative estimate of drug-likeness (QED) is 0.475. The average Bonchev–Trinajstić information content (AvgIpc) is 1.91. The van der Waals surface area contributed by atoms with Gasteiger partial charge in [0, 0.05) is 0 Å². The van der Waals surface area contributed by atoms with Gasteiger partial charge in [0.25, 0.3) is 0 Å². The zero-order chi connectivity index (χ0) is 7.98. The third kappa shape index (κ3) is 2.40. The molecule has 0 saturated heterocycles. The Kier molecular flexibility index (Phi) is 4.12. The lowest BCUT2D eigenvalue weighted by molar-refractivity contribution is 0.299. The third-order valence-electron chi connectivity index (χ3n) is 1.06. The summed E-state index contributed by atoms with van der Waals surface area (Å²) in [4.78, 5) is 0. The molecule has 2 heteroatoms. The lowest BCUT2D eigenvalue weighted by Gasteiger charge is -2.03. The van der Waals surface area contributed by atoms with E-state index < -0.39 is 0 Å². The van der Waals surface area contributed by atoms with E-state index in [0.29, 0.717) is 11.5 Å². The molecule has 0 aromatic rings. The molecule has 0 rings (SSSR count). The molecule has 0 aliphatic rings. The molecule has 0 bridgehead atoms. The summed E-state index contributed by atoms with van der Waals surface area (Å²) >= 11 is 0. The summed E-state index contributed by atoms with van der Waals surface area (Å²) in [5.74, 6) is 0.680. The Balaban J connectivity index is 4.30. The van der Waals surface area contributed by atoms with E-state index in [2.05, 4.69) is 6.58 Å². The first kappa shape index (κ1) is 8.82. The molecule has 0 radical (unpaired) electrons. The fourth-order valence-electron chi connectivity index (χ4n) is 0.611. The third-order valence-corrected chi connectivity index (χ3v) is 1.06. The van der Waals surface area contributed by atoms with E-state index in [4.69, 9.17) is 10.5 Å². The Morgan fingerprint density at radius 2 is 2.20 bits per heavy atom. The van der Waals surface area contributed by atoms with Crippen LogP contribution in [0.3, 0.4) is 0 Å². The molecule has 10 heavy (non-hydrogen) atoms. The van der Waals surface area contributed by atoms with Gasteiger partial charge in [-0.3, -0.25) is 0 Å². The van der Waals surface area contributed by atoms with Gasteiger partial charge in [0.05, 0.1) is 12.8 Å². The molecule has 0 aliphatic carbocycles. The zero-order valence-electron chi connectivity index (χ0n) is 6.42. The first-order valence-corrected chi connectivity index (χ1v) is 3.05. The molecule has 0 saturated carbocycles. The number of allylic oxidation sites excluding steroid dienone is 3. The Hall–Kier alpha value is -1.18. The first-order valence-electron chi connectivity index (χ1n) is 3.05. The van der Waals surface area contributed by atoms with Gasteiger partial charge in [-0.25, -0.2) is 0 Å². The van der Waals surface area contributed by atoms with Crippen molar-refractivity contribution in [1.82, 2.24) is 0 Å². The van der Waals surface area contributed by atoms with Gasteiger partial charge in [-0.1, -0.05) is 12.7 Å². The first-order chi connectivity index (χ1) is 4.76. The highest BCUT2D eigenvalue weighted by molar-refractivity contribution is 5.25. The van der Waals surface area contributed by atoms with Crippen LogP contribution in [0.5, 0.6) is 0 Å². The number of hydrogen-bond donors (Lipinski definition) is 1. The second kappa shape index (κ2) is 4.68. The lowest BCUT2D eigenvalue weighted by atomic mass is 10.3. The van der Waals surface area contributed by atoms with E-state index in [1.807, 2.05) is 6.92 Å². The minimum atomic E-state index is 0.597. The predicted molar refractivity (Wildman–Crippen MR) is 43.2 cm³/mol. The van der Waals surface area contributed by atoms with Gasteiger partial charge < -0.3 is 10.5 Å². The van der Waals surface area contributed by atoms with Gasteiger partial charge in [0.15, 0.2) is 0 Å². The van der Waals surface area contributed by atoms with Gasteiger partial charge in [0.1, 0.15) is 5.76 Å². The predicted octanol–water partition coefficient (Wildman–Crippen LogP) is 1.57. The highest BCUT2D eigenvalue weighted by Gasteiger charge is 1.94. The fourth-order valence-corrected chi connectivity index (χ4v) is 0.611. The number of methoxy groups -OCH3 is 1. The lowest BCUT2D eigenvalue weighted by Crippen LogP contribution is -2.01. The highest BCUT2D eigenvalue weighted by atomic mass is 16.5. The van der Waals surface area contributed by atoms with Crippen molar-refractivity contribution in [2.75, 3.05) is 7.11 Å². The van der Waals surface area contributed by atoms with E-state index in [-0.39, 0.29) is 0 Å². The molecule has 56 valence electrons. The highest BCUT2D eigenvalue weighted by Crippen LogP contribution is 2.03. The molecular weight excluding hydrogens is 126 g/mol. The zero-order valence-corrected chi connectivity index (χ0v) is 6.42. The van der Waals surface area contributed by atoms with Gasteiger partial charge in [-0.05, 0) is 19.1 Å². The Morgan fingerprint density at radius 3 is 2.50 bits per heavy atom. The van der Waals surface area contributed by atoms with Crippen LogP contribution in [0.4, 0.5) is 0 Å². The molecule has 0 heterocycles. The molecule has 2 nitrogen and oxygen atoms in total. The van der Waals surface area contributed by atoms with Crippen molar-refractivity contribution >= 4 is 0 Å². The summed E-state index contributed by atoms with van der Waals surface area (Å²) in [5.41, 5.74) is 6.14. The van der Waals surface area contributed by atoms with E-state index in [0.717, 1.165) is 0 Å². The number of ether oxygens (including phenoxy) is 1. The molecule has 0 spiro atoms.